The van der Waals surface area contributed by atoms with Crippen LogP contribution >= 0.6 is 0 Å². The Balaban J connectivity index is 1.63. The highest BCUT2D eigenvalue weighted by atomic mass is 19.2. The Labute approximate surface area is 146 Å². The summed E-state index contributed by atoms with van der Waals surface area (Å²) in [5.41, 5.74) is 0.368. The van der Waals surface area contributed by atoms with Gasteiger partial charge in [-0.25, -0.2) is 13.6 Å². The number of hydrogen-bond acceptors (Lipinski definition) is 2. The fourth-order valence-corrected chi connectivity index (χ4v) is 3.50. The lowest BCUT2D eigenvalue weighted by molar-refractivity contribution is 0.0162. The van der Waals surface area contributed by atoms with E-state index in [1.807, 2.05) is 6.08 Å². The molecule has 2 aromatic carbocycles. The number of ether oxygens (including phenoxy) is 1. The van der Waals surface area contributed by atoms with Crippen molar-refractivity contribution in [3.8, 4) is 0 Å². The second kappa shape index (κ2) is 7.77. The lowest BCUT2D eigenvalue weighted by Crippen LogP contribution is -2.24. The van der Waals surface area contributed by atoms with E-state index in [4.69, 9.17) is 4.74 Å². The van der Waals surface area contributed by atoms with Crippen molar-refractivity contribution in [1.29, 1.82) is 0 Å². The lowest BCUT2D eigenvalue weighted by Gasteiger charge is -2.28. The smallest absolute Gasteiger partial charge is 0.338 e. The molecule has 0 amide bonds. The monoisotopic (exact) mass is 344 g/mol. The quantitative estimate of drug-likeness (QED) is 0.506. The molecule has 0 heterocycles. The molecule has 1 fully saturated rings. The molecule has 132 valence electrons. The van der Waals surface area contributed by atoms with Crippen molar-refractivity contribution in [2.24, 2.45) is 5.92 Å². The van der Waals surface area contributed by atoms with E-state index in [1.54, 1.807) is 6.07 Å². The minimum atomic E-state index is -0.893. The Morgan fingerprint density at radius 1 is 1.16 bits per heavy atom. The van der Waals surface area contributed by atoms with Gasteiger partial charge in [0.05, 0.1) is 5.56 Å². The number of benzene rings is 2. The summed E-state index contributed by atoms with van der Waals surface area (Å²) in [5.74, 6) is -1.50. The van der Waals surface area contributed by atoms with Crippen LogP contribution in [0.5, 0.6) is 0 Å². The standard InChI is InChI=1S/C21H22F2O2/c1-2-3-4-14-5-9-17(10-6-14)25-21(24)16-7-11-18-15(13-16)8-12-19(22)20(18)23/h2,7-8,11-14,17H,1,3-6,9-10H2. The largest absolute Gasteiger partial charge is 0.459 e. The number of hydrogen-bond donors (Lipinski definition) is 0. The van der Waals surface area contributed by atoms with Crippen molar-refractivity contribution in [1.82, 2.24) is 0 Å². The molecule has 0 radical (unpaired) electrons. The zero-order chi connectivity index (χ0) is 17.8. The van der Waals surface area contributed by atoms with Crippen molar-refractivity contribution in [2.45, 2.75) is 44.6 Å². The molecule has 1 aliphatic rings. The van der Waals surface area contributed by atoms with Crippen LogP contribution in [0, 0.1) is 17.6 Å². The molecule has 0 unspecified atom stereocenters. The molecular formula is C21H22F2O2. The van der Waals surface area contributed by atoms with Gasteiger partial charge in [-0.15, -0.1) is 6.58 Å². The van der Waals surface area contributed by atoms with E-state index in [-0.39, 0.29) is 11.5 Å². The number of fused-ring (bicyclic) bond motifs is 1. The van der Waals surface area contributed by atoms with Gasteiger partial charge in [-0.05, 0) is 68.0 Å². The first-order chi connectivity index (χ1) is 12.1. The molecule has 0 aromatic heterocycles. The van der Waals surface area contributed by atoms with E-state index in [0.29, 0.717) is 16.9 Å². The zero-order valence-corrected chi connectivity index (χ0v) is 14.1. The summed E-state index contributed by atoms with van der Waals surface area (Å²) in [6, 6.07) is 7.00. The molecule has 0 atom stereocenters. The summed E-state index contributed by atoms with van der Waals surface area (Å²) < 4.78 is 32.6. The minimum Gasteiger partial charge on any atom is -0.459 e. The number of carbonyl (C=O) groups is 1. The summed E-state index contributed by atoms with van der Waals surface area (Å²) >= 11 is 0. The number of carbonyl (C=O) groups excluding carboxylic acids is 1. The predicted molar refractivity (Wildman–Crippen MR) is 94.5 cm³/mol. The molecule has 0 saturated heterocycles. The topological polar surface area (TPSA) is 26.3 Å². The second-order valence-corrected chi connectivity index (χ2v) is 6.71. The maximum absolute atomic E-state index is 13.7. The van der Waals surface area contributed by atoms with Crippen LogP contribution in [0.3, 0.4) is 0 Å². The molecule has 4 heteroatoms. The molecule has 2 nitrogen and oxygen atoms in total. The van der Waals surface area contributed by atoms with Gasteiger partial charge in [0.25, 0.3) is 0 Å². The van der Waals surface area contributed by atoms with Gasteiger partial charge in [0.1, 0.15) is 6.10 Å². The van der Waals surface area contributed by atoms with Gasteiger partial charge < -0.3 is 4.74 Å². The minimum absolute atomic E-state index is 0.0619. The fourth-order valence-electron chi connectivity index (χ4n) is 3.50. The molecule has 1 saturated carbocycles. The molecule has 3 rings (SSSR count). The summed E-state index contributed by atoms with van der Waals surface area (Å²) in [6.07, 6.45) is 7.94. The van der Waals surface area contributed by atoms with Crippen LogP contribution in [0.25, 0.3) is 10.8 Å². The van der Waals surface area contributed by atoms with E-state index in [2.05, 4.69) is 6.58 Å². The third-order valence-electron chi connectivity index (χ3n) is 4.99. The van der Waals surface area contributed by atoms with E-state index < -0.39 is 17.6 Å². The van der Waals surface area contributed by atoms with Crippen LogP contribution in [-0.4, -0.2) is 12.1 Å². The zero-order valence-electron chi connectivity index (χ0n) is 14.1. The van der Waals surface area contributed by atoms with E-state index >= 15 is 0 Å². The highest BCUT2D eigenvalue weighted by Gasteiger charge is 2.24. The maximum atomic E-state index is 13.7. The Morgan fingerprint density at radius 3 is 2.64 bits per heavy atom. The summed E-state index contributed by atoms with van der Waals surface area (Å²) in [4.78, 5) is 12.4. The summed E-state index contributed by atoms with van der Waals surface area (Å²) in [6.45, 7) is 3.75. The normalized spacial score (nSPS) is 20.4. The van der Waals surface area contributed by atoms with Gasteiger partial charge in [-0.3, -0.25) is 0 Å². The van der Waals surface area contributed by atoms with Gasteiger partial charge in [-0.2, -0.15) is 0 Å². The lowest BCUT2D eigenvalue weighted by atomic mass is 9.84. The van der Waals surface area contributed by atoms with Gasteiger partial charge in [0.15, 0.2) is 11.6 Å². The SMILES string of the molecule is C=CCCC1CCC(OC(=O)c2ccc3c(F)c(F)ccc3c2)CC1. The Kier molecular flexibility index (Phi) is 5.47. The predicted octanol–water partition coefficient (Wildman–Crippen LogP) is 5.80. The van der Waals surface area contributed by atoms with Gasteiger partial charge >= 0.3 is 5.97 Å². The Bertz CT molecular complexity index is 777. The summed E-state index contributed by atoms with van der Waals surface area (Å²) in [7, 11) is 0. The van der Waals surface area contributed by atoms with Gasteiger partial charge in [-0.1, -0.05) is 18.2 Å². The fraction of sp³-hybridized carbons (Fsp3) is 0.381. The number of esters is 1. The third kappa shape index (κ3) is 4.06. The summed E-state index contributed by atoms with van der Waals surface area (Å²) in [5, 5.41) is 0.653. The average molecular weight is 344 g/mol. The average Bonchev–Trinajstić information content (AvgIpc) is 2.64. The molecular weight excluding hydrogens is 322 g/mol. The highest BCUT2D eigenvalue weighted by molar-refractivity contribution is 5.95. The van der Waals surface area contributed by atoms with Crippen LogP contribution in [0.1, 0.15) is 48.9 Å². The molecule has 0 aliphatic heterocycles. The van der Waals surface area contributed by atoms with E-state index in [0.717, 1.165) is 44.6 Å². The van der Waals surface area contributed by atoms with Crippen molar-refractivity contribution in [3.63, 3.8) is 0 Å². The molecule has 25 heavy (non-hydrogen) atoms. The van der Waals surface area contributed by atoms with Crippen molar-refractivity contribution < 1.29 is 18.3 Å². The number of halogens is 2. The Morgan fingerprint density at radius 2 is 1.92 bits per heavy atom. The number of allylic oxidation sites excluding steroid dienone is 1. The van der Waals surface area contributed by atoms with Crippen LogP contribution < -0.4 is 0 Å². The molecule has 0 bridgehead atoms. The molecule has 1 aliphatic carbocycles. The van der Waals surface area contributed by atoms with Gasteiger partial charge in [0.2, 0.25) is 0 Å². The van der Waals surface area contributed by atoms with Crippen molar-refractivity contribution >= 4 is 16.7 Å². The van der Waals surface area contributed by atoms with Crippen molar-refractivity contribution in [2.75, 3.05) is 0 Å². The highest BCUT2D eigenvalue weighted by Crippen LogP contribution is 2.30. The van der Waals surface area contributed by atoms with Crippen LogP contribution in [0.4, 0.5) is 8.78 Å². The number of rotatable bonds is 5. The Hall–Kier alpha value is -2.23. The van der Waals surface area contributed by atoms with Crippen LogP contribution in [-0.2, 0) is 4.74 Å². The first-order valence-electron chi connectivity index (χ1n) is 8.78. The maximum Gasteiger partial charge on any atom is 0.338 e. The van der Waals surface area contributed by atoms with Crippen LogP contribution in [0.2, 0.25) is 0 Å². The third-order valence-corrected chi connectivity index (χ3v) is 4.99. The van der Waals surface area contributed by atoms with Crippen LogP contribution in [0.15, 0.2) is 43.0 Å². The first-order valence-corrected chi connectivity index (χ1v) is 8.78. The van der Waals surface area contributed by atoms with Crippen molar-refractivity contribution in [3.05, 3.63) is 60.2 Å². The molecule has 2 aromatic rings. The van der Waals surface area contributed by atoms with E-state index in [9.17, 15) is 13.6 Å². The first kappa shape index (κ1) is 17.6. The molecule has 0 spiro atoms. The second-order valence-electron chi connectivity index (χ2n) is 6.71. The van der Waals surface area contributed by atoms with E-state index in [1.165, 1.54) is 18.2 Å². The molecule has 0 N–H and O–H groups in total. The van der Waals surface area contributed by atoms with Gasteiger partial charge in [0, 0.05) is 5.39 Å².